The van der Waals surface area contributed by atoms with Crippen molar-refractivity contribution in [3.05, 3.63) is 29.8 Å². The van der Waals surface area contributed by atoms with Crippen LogP contribution in [0.4, 0.5) is 0 Å². The van der Waals surface area contributed by atoms with Crippen LogP contribution >= 0.6 is 0 Å². The number of nitrogens with two attached hydrogens (primary N) is 1. The lowest BCUT2D eigenvalue weighted by Crippen LogP contribution is -2.40. The second kappa shape index (κ2) is 9.40. The number of benzene rings is 1. The Morgan fingerprint density at radius 2 is 2.00 bits per heavy atom. The second-order valence-corrected chi connectivity index (χ2v) is 5.49. The van der Waals surface area contributed by atoms with Crippen LogP contribution in [-0.4, -0.2) is 30.0 Å². The summed E-state index contributed by atoms with van der Waals surface area (Å²) >= 11 is 0. The quantitative estimate of drug-likeness (QED) is 0.712. The van der Waals surface area contributed by atoms with E-state index in [9.17, 15) is 4.79 Å². The van der Waals surface area contributed by atoms with Crippen molar-refractivity contribution in [2.24, 2.45) is 5.73 Å². The van der Waals surface area contributed by atoms with E-state index in [1.54, 1.807) is 0 Å². The molecule has 2 N–H and O–H groups in total. The van der Waals surface area contributed by atoms with E-state index in [-0.39, 0.29) is 18.6 Å². The molecule has 0 atom stereocenters. The van der Waals surface area contributed by atoms with Gasteiger partial charge in [0.15, 0.2) is 6.61 Å². The third-order valence-corrected chi connectivity index (χ3v) is 3.49. The van der Waals surface area contributed by atoms with Crippen molar-refractivity contribution in [1.82, 2.24) is 4.90 Å². The van der Waals surface area contributed by atoms with E-state index in [1.165, 1.54) is 0 Å². The van der Waals surface area contributed by atoms with Gasteiger partial charge in [0.25, 0.3) is 5.91 Å². The Hall–Kier alpha value is -1.55. The summed E-state index contributed by atoms with van der Waals surface area (Å²) in [5.74, 6) is 0.735. The van der Waals surface area contributed by atoms with Crippen LogP contribution in [0, 0.1) is 0 Å². The Morgan fingerprint density at radius 1 is 1.29 bits per heavy atom. The Morgan fingerprint density at radius 3 is 2.62 bits per heavy atom. The van der Waals surface area contributed by atoms with Crippen LogP contribution in [0.1, 0.15) is 45.6 Å². The fourth-order valence-corrected chi connectivity index (χ4v) is 2.24. The number of hydrogen-bond donors (Lipinski definition) is 1. The predicted octanol–water partition coefficient (Wildman–Crippen LogP) is 2.95. The monoisotopic (exact) mass is 292 g/mol. The predicted molar refractivity (Wildman–Crippen MR) is 86.2 cm³/mol. The number of carbonyl (C=O) groups excluding carboxylic acids is 1. The topological polar surface area (TPSA) is 55.6 Å². The first-order chi connectivity index (χ1) is 10.1. The van der Waals surface area contributed by atoms with Gasteiger partial charge in [0.1, 0.15) is 5.75 Å². The van der Waals surface area contributed by atoms with Gasteiger partial charge in [-0.2, -0.15) is 0 Å². The van der Waals surface area contributed by atoms with Crippen LogP contribution < -0.4 is 10.5 Å². The van der Waals surface area contributed by atoms with E-state index in [0.29, 0.717) is 12.3 Å². The average Bonchev–Trinajstić information content (AvgIpc) is 2.49. The highest BCUT2D eigenvalue weighted by atomic mass is 16.5. The van der Waals surface area contributed by atoms with Crippen molar-refractivity contribution in [1.29, 1.82) is 0 Å². The molecule has 0 aliphatic rings. The van der Waals surface area contributed by atoms with Gasteiger partial charge in [-0.15, -0.1) is 0 Å². The number of carbonyl (C=O) groups is 1. The zero-order valence-corrected chi connectivity index (χ0v) is 13.5. The van der Waals surface area contributed by atoms with Crippen LogP contribution in [0.15, 0.2) is 24.3 Å². The van der Waals surface area contributed by atoms with Gasteiger partial charge in [0.05, 0.1) is 0 Å². The van der Waals surface area contributed by atoms with E-state index in [4.69, 9.17) is 10.5 Å². The third-order valence-electron chi connectivity index (χ3n) is 3.49. The Balaban J connectivity index is 2.56. The minimum Gasteiger partial charge on any atom is -0.483 e. The van der Waals surface area contributed by atoms with Crippen molar-refractivity contribution in [3.63, 3.8) is 0 Å². The summed E-state index contributed by atoms with van der Waals surface area (Å²) in [6, 6.07) is 7.78. The summed E-state index contributed by atoms with van der Waals surface area (Å²) in [6.45, 7) is 7.52. The molecule has 0 fully saturated rings. The number of nitrogens with zero attached hydrogens (tertiary/aromatic N) is 1. The molecule has 0 aliphatic heterocycles. The van der Waals surface area contributed by atoms with Gasteiger partial charge in [0.2, 0.25) is 0 Å². The largest absolute Gasteiger partial charge is 0.483 e. The van der Waals surface area contributed by atoms with E-state index in [0.717, 1.165) is 31.4 Å². The standard InChI is InChI=1S/C17H28N2O2/c1-4-5-8-11-19(14(2)3)17(20)13-21-16-10-7-6-9-15(16)12-18/h6-7,9-10,14H,4-5,8,11-13,18H2,1-3H3. The molecule has 0 aromatic heterocycles. The van der Waals surface area contributed by atoms with Gasteiger partial charge in [-0.25, -0.2) is 0 Å². The van der Waals surface area contributed by atoms with E-state index >= 15 is 0 Å². The molecular formula is C17H28N2O2. The Bertz CT molecular complexity index is 433. The zero-order chi connectivity index (χ0) is 15.7. The number of amides is 1. The lowest BCUT2D eigenvalue weighted by Gasteiger charge is -2.27. The van der Waals surface area contributed by atoms with Crippen LogP contribution in [-0.2, 0) is 11.3 Å². The summed E-state index contributed by atoms with van der Waals surface area (Å²) in [7, 11) is 0. The SMILES string of the molecule is CCCCCN(C(=O)COc1ccccc1CN)C(C)C. The lowest BCUT2D eigenvalue weighted by atomic mass is 10.2. The number of unbranched alkanes of at least 4 members (excludes halogenated alkanes) is 2. The maximum absolute atomic E-state index is 12.3. The van der Waals surface area contributed by atoms with Gasteiger partial charge in [-0.3, -0.25) is 4.79 Å². The Kier molecular flexibility index (Phi) is 7.83. The molecule has 0 radical (unpaired) electrons. The molecule has 0 saturated carbocycles. The smallest absolute Gasteiger partial charge is 0.260 e. The molecule has 0 spiro atoms. The van der Waals surface area contributed by atoms with Gasteiger partial charge in [-0.1, -0.05) is 38.0 Å². The molecule has 0 bridgehead atoms. The molecule has 4 nitrogen and oxygen atoms in total. The summed E-state index contributed by atoms with van der Waals surface area (Å²) in [6.07, 6.45) is 3.34. The second-order valence-electron chi connectivity index (χ2n) is 5.49. The number of hydrogen-bond acceptors (Lipinski definition) is 3. The maximum atomic E-state index is 12.3. The fraction of sp³-hybridized carbons (Fsp3) is 0.588. The molecule has 0 saturated heterocycles. The lowest BCUT2D eigenvalue weighted by molar-refractivity contribution is -0.135. The van der Waals surface area contributed by atoms with Gasteiger partial charge in [-0.05, 0) is 26.3 Å². The number of rotatable bonds is 9. The minimum atomic E-state index is 0.0351. The Labute approximate surface area is 128 Å². The molecule has 1 aromatic carbocycles. The summed E-state index contributed by atoms with van der Waals surface area (Å²) in [5, 5.41) is 0. The normalized spacial score (nSPS) is 10.7. The molecule has 4 heteroatoms. The summed E-state index contributed by atoms with van der Waals surface area (Å²) in [5.41, 5.74) is 6.59. The summed E-state index contributed by atoms with van der Waals surface area (Å²) < 4.78 is 5.66. The van der Waals surface area contributed by atoms with Crippen LogP contribution in [0.25, 0.3) is 0 Å². The molecule has 0 aliphatic carbocycles. The van der Waals surface area contributed by atoms with Crippen molar-refractivity contribution < 1.29 is 9.53 Å². The van der Waals surface area contributed by atoms with Gasteiger partial charge in [0, 0.05) is 24.7 Å². The van der Waals surface area contributed by atoms with Crippen molar-refractivity contribution in [2.75, 3.05) is 13.2 Å². The van der Waals surface area contributed by atoms with Crippen molar-refractivity contribution >= 4 is 5.91 Å². The highest BCUT2D eigenvalue weighted by molar-refractivity contribution is 5.78. The maximum Gasteiger partial charge on any atom is 0.260 e. The average molecular weight is 292 g/mol. The van der Waals surface area contributed by atoms with Gasteiger partial charge < -0.3 is 15.4 Å². The first-order valence-corrected chi connectivity index (χ1v) is 7.80. The molecule has 1 aromatic rings. The van der Waals surface area contributed by atoms with Crippen molar-refractivity contribution in [2.45, 2.75) is 52.6 Å². The molecule has 1 rings (SSSR count). The summed E-state index contributed by atoms with van der Waals surface area (Å²) in [4.78, 5) is 14.2. The number of para-hydroxylation sites is 1. The molecule has 118 valence electrons. The molecule has 1 amide bonds. The van der Waals surface area contributed by atoms with E-state index in [1.807, 2.05) is 43.0 Å². The van der Waals surface area contributed by atoms with Crippen molar-refractivity contribution in [3.8, 4) is 5.75 Å². The van der Waals surface area contributed by atoms with Crippen LogP contribution in [0.3, 0.4) is 0 Å². The fourth-order valence-electron chi connectivity index (χ4n) is 2.24. The molecule has 0 unspecified atom stereocenters. The molecule has 0 heterocycles. The van der Waals surface area contributed by atoms with E-state index in [2.05, 4.69) is 6.92 Å². The first kappa shape index (κ1) is 17.5. The zero-order valence-electron chi connectivity index (χ0n) is 13.5. The van der Waals surface area contributed by atoms with Gasteiger partial charge >= 0.3 is 0 Å². The van der Waals surface area contributed by atoms with Crippen LogP contribution in [0.5, 0.6) is 5.75 Å². The highest BCUT2D eigenvalue weighted by Gasteiger charge is 2.17. The minimum absolute atomic E-state index is 0.0351. The number of ether oxygens (including phenoxy) is 1. The third kappa shape index (κ3) is 5.76. The van der Waals surface area contributed by atoms with E-state index < -0.39 is 0 Å². The molecular weight excluding hydrogens is 264 g/mol. The molecule has 21 heavy (non-hydrogen) atoms. The first-order valence-electron chi connectivity index (χ1n) is 7.80. The van der Waals surface area contributed by atoms with Crippen LogP contribution in [0.2, 0.25) is 0 Å². The highest BCUT2D eigenvalue weighted by Crippen LogP contribution is 2.17.